The molecule has 0 aliphatic rings. The van der Waals surface area contributed by atoms with Crippen LogP contribution >= 0.6 is 11.8 Å². The first-order valence-electron chi connectivity index (χ1n) is 11.6. The molecule has 0 aromatic heterocycles. The van der Waals surface area contributed by atoms with Gasteiger partial charge in [-0.3, -0.25) is 0 Å². The SMILES string of the molecule is CC(C)C(O)CN(Cc1cccc(SC(F)(F)F)c1)c1cccc(OCc2cccc(OC(F)(F)F)c2)c1. The lowest BCUT2D eigenvalue weighted by atomic mass is 10.1. The average Bonchev–Trinajstić information content (AvgIpc) is 2.81. The van der Waals surface area contributed by atoms with Crippen LogP contribution in [-0.2, 0) is 13.2 Å². The fourth-order valence-electron chi connectivity index (χ4n) is 3.53. The van der Waals surface area contributed by atoms with Crippen LogP contribution < -0.4 is 14.4 Å². The fourth-order valence-corrected chi connectivity index (χ4v) is 4.15. The van der Waals surface area contributed by atoms with Crippen LogP contribution in [0.4, 0.5) is 32.0 Å². The fraction of sp³-hybridized carbons (Fsp3) is 0.333. The van der Waals surface area contributed by atoms with Gasteiger partial charge >= 0.3 is 11.9 Å². The van der Waals surface area contributed by atoms with E-state index >= 15 is 0 Å². The molecule has 0 radical (unpaired) electrons. The third kappa shape index (κ3) is 10.0. The number of nitrogens with zero attached hydrogens (tertiary/aromatic N) is 1. The Bertz CT molecular complexity index is 1190. The average molecular weight is 560 g/mol. The molecule has 1 unspecified atom stereocenters. The first-order valence-corrected chi connectivity index (χ1v) is 12.4. The molecule has 0 bridgehead atoms. The van der Waals surface area contributed by atoms with Crippen molar-refractivity contribution in [1.29, 1.82) is 0 Å². The highest BCUT2D eigenvalue weighted by Crippen LogP contribution is 2.37. The molecule has 3 rings (SSSR count). The lowest BCUT2D eigenvalue weighted by molar-refractivity contribution is -0.274. The molecule has 0 saturated carbocycles. The van der Waals surface area contributed by atoms with Gasteiger partial charge in [0.25, 0.3) is 0 Å². The topological polar surface area (TPSA) is 41.9 Å². The molecular weight excluding hydrogens is 532 g/mol. The summed E-state index contributed by atoms with van der Waals surface area (Å²) in [6.07, 6.45) is -5.51. The lowest BCUT2D eigenvalue weighted by Crippen LogP contribution is -2.34. The Balaban J connectivity index is 1.78. The molecule has 0 saturated heterocycles. The molecule has 1 atom stereocenters. The Labute approximate surface area is 221 Å². The van der Waals surface area contributed by atoms with Crippen LogP contribution in [0, 0.1) is 5.92 Å². The van der Waals surface area contributed by atoms with Gasteiger partial charge in [0, 0.05) is 29.7 Å². The minimum atomic E-state index is -4.80. The zero-order chi connectivity index (χ0) is 27.9. The number of aliphatic hydroxyl groups excluding tert-OH is 1. The van der Waals surface area contributed by atoms with Crippen molar-refractivity contribution in [1.82, 2.24) is 0 Å². The maximum Gasteiger partial charge on any atom is 0.573 e. The van der Waals surface area contributed by atoms with Gasteiger partial charge in [0.15, 0.2) is 0 Å². The highest BCUT2D eigenvalue weighted by atomic mass is 32.2. The number of hydrogen-bond acceptors (Lipinski definition) is 5. The molecule has 3 aromatic rings. The van der Waals surface area contributed by atoms with Crippen LogP contribution in [0.5, 0.6) is 11.5 Å². The summed E-state index contributed by atoms with van der Waals surface area (Å²) in [5, 5.41) is 10.6. The molecule has 1 N–H and O–H groups in total. The van der Waals surface area contributed by atoms with Crippen LogP contribution in [0.25, 0.3) is 0 Å². The van der Waals surface area contributed by atoms with E-state index < -0.39 is 18.0 Å². The van der Waals surface area contributed by atoms with Gasteiger partial charge in [0.05, 0.1) is 6.10 Å². The minimum absolute atomic E-state index is 0.0240. The Kier molecular flexibility index (Phi) is 9.83. The Morgan fingerprint density at radius 3 is 2.18 bits per heavy atom. The summed E-state index contributed by atoms with van der Waals surface area (Å²) in [4.78, 5) is 1.90. The van der Waals surface area contributed by atoms with Crippen molar-refractivity contribution in [3.05, 3.63) is 83.9 Å². The van der Waals surface area contributed by atoms with Gasteiger partial charge in [-0.1, -0.05) is 44.2 Å². The predicted octanol–water partition coefficient (Wildman–Crippen LogP) is 7.80. The molecule has 0 heterocycles. The quantitative estimate of drug-likeness (QED) is 0.192. The number of rotatable bonds is 11. The first-order chi connectivity index (χ1) is 17.8. The van der Waals surface area contributed by atoms with Crippen LogP contribution in [0.15, 0.2) is 77.7 Å². The third-order valence-electron chi connectivity index (χ3n) is 5.40. The number of anilines is 1. The van der Waals surface area contributed by atoms with Gasteiger partial charge in [-0.2, -0.15) is 13.2 Å². The van der Waals surface area contributed by atoms with Crippen molar-refractivity contribution in [2.24, 2.45) is 5.92 Å². The number of alkyl halides is 6. The standard InChI is InChI=1S/C27H27F6NO3S/c1-18(2)25(35)16-34(15-19-6-4-11-24(13-19)38-27(31,32)33)21-8-5-9-22(14-21)36-17-20-7-3-10-23(12-20)37-26(28,29)30/h3-14,18,25,35H,15-17H2,1-2H3. The molecule has 38 heavy (non-hydrogen) atoms. The van der Waals surface area contributed by atoms with Crippen molar-refractivity contribution in [3.63, 3.8) is 0 Å². The molecule has 3 aromatic carbocycles. The van der Waals surface area contributed by atoms with E-state index in [1.807, 2.05) is 18.7 Å². The first kappa shape index (κ1) is 29.5. The van der Waals surface area contributed by atoms with Crippen molar-refractivity contribution < 1.29 is 40.9 Å². The normalized spacial score (nSPS) is 12.9. The number of ether oxygens (including phenoxy) is 2. The summed E-state index contributed by atoms with van der Waals surface area (Å²) in [7, 11) is 0. The summed E-state index contributed by atoms with van der Waals surface area (Å²) in [5.41, 5.74) is -2.66. The predicted molar refractivity (Wildman–Crippen MR) is 134 cm³/mol. The van der Waals surface area contributed by atoms with Gasteiger partial charge in [-0.15, -0.1) is 13.2 Å². The van der Waals surface area contributed by atoms with Gasteiger partial charge in [-0.05, 0) is 65.2 Å². The summed E-state index contributed by atoms with van der Waals surface area (Å²) < 4.78 is 85.8. The monoisotopic (exact) mass is 559 g/mol. The molecule has 0 fully saturated rings. The smallest absolute Gasteiger partial charge is 0.489 e. The molecule has 4 nitrogen and oxygen atoms in total. The van der Waals surface area contributed by atoms with E-state index in [-0.39, 0.29) is 48.0 Å². The van der Waals surface area contributed by atoms with Crippen molar-refractivity contribution in [2.45, 2.75) is 49.9 Å². The van der Waals surface area contributed by atoms with Crippen LogP contribution in [0.2, 0.25) is 0 Å². The van der Waals surface area contributed by atoms with Crippen LogP contribution in [0.3, 0.4) is 0 Å². The molecule has 0 amide bonds. The minimum Gasteiger partial charge on any atom is -0.489 e. The van der Waals surface area contributed by atoms with E-state index in [0.717, 1.165) is 0 Å². The lowest BCUT2D eigenvalue weighted by Gasteiger charge is -2.29. The molecule has 0 aliphatic heterocycles. The number of halogens is 6. The largest absolute Gasteiger partial charge is 0.573 e. The number of aliphatic hydroxyl groups is 1. The second-order valence-electron chi connectivity index (χ2n) is 8.87. The summed E-state index contributed by atoms with van der Waals surface area (Å²) >= 11 is -0.192. The van der Waals surface area contributed by atoms with E-state index in [1.165, 1.54) is 30.3 Å². The highest BCUT2D eigenvalue weighted by Gasteiger charge is 2.31. The Hall–Kier alpha value is -3.05. The van der Waals surface area contributed by atoms with Gasteiger partial charge < -0.3 is 19.5 Å². The summed E-state index contributed by atoms with van der Waals surface area (Å²) in [6, 6.07) is 18.5. The van der Waals surface area contributed by atoms with Crippen molar-refractivity contribution >= 4 is 17.4 Å². The highest BCUT2D eigenvalue weighted by molar-refractivity contribution is 8.00. The number of thioether (sulfide) groups is 1. The zero-order valence-electron chi connectivity index (χ0n) is 20.6. The second-order valence-corrected chi connectivity index (χ2v) is 10.0. The van der Waals surface area contributed by atoms with Gasteiger partial charge in [0.1, 0.15) is 18.1 Å². The summed E-state index contributed by atoms with van der Waals surface area (Å²) in [6.45, 7) is 4.15. The number of benzene rings is 3. The Morgan fingerprint density at radius 2 is 1.50 bits per heavy atom. The van der Waals surface area contributed by atoms with E-state index in [0.29, 0.717) is 22.6 Å². The maximum atomic E-state index is 12.8. The Morgan fingerprint density at radius 1 is 0.842 bits per heavy atom. The van der Waals surface area contributed by atoms with Crippen LogP contribution in [-0.4, -0.2) is 29.6 Å². The van der Waals surface area contributed by atoms with E-state index in [9.17, 15) is 31.4 Å². The van der Waals surface area contributed by atoms with Crippen molar-refractivity contribution in [3.8, 4) is 11.5 Å². The van der Waals surface area contributed by atoms with E-state index in [4.69, 9.17) is 4.74 Å². The second kappa shape index (κ2) is 12.7. The summed E-state index contributed by atoms with van der Waals surface area (Å²) in [5.74, 6) is 0.0115. The third-order valence-corrected chi connectivity index (χ3v) is 6.12. The maximum absolute atomic E-state index is 12.8. The van der Waals surface area contributed by atoms with Crippen LogP contribution in [0.1, 0.15) is 25.0 Å². The van der Waals surface area contributed by atoms with E-state index in [2.05, 4.69) is 4.74 Å². The zero-order valence-corrected chi connectivity index (χ0v) is 21.4. The number of hydrogen-bond donors (Lipinski definition) is 1. The molecule has 206 valence electrons. The molecule has 0 aliphatic carbocycles. The molecule has 0 spiro atoms. The van der Waals surface area contributed by atoms with Gasteiger partial charge in [0.2, 0.25) is 0 Å². The molecular formula is C27H27F6NO3S. The molecule has 11 heteroatoms. The van der Waals surface area contributed by atoms with Gasteiger partial charge in [-0.25, -0.2) is 0 Å². The van der Waals surface area contributed by atoms with Crippen molar-refractivity contribution in [2.75, 3.05) is 11.4 Å². The van der Waals surface area contributed by atoms with E-state index in [1.54, 1.807) is 42.5 Å².